The van der Waals surface area contributed by atoms with Gasteiger partial charge in [-0.2, -0.15) is 0 Å². The van der Waals surface area contributed by atoms with Crippen molar-refractivity contribution in [2.75, 3.05) is 26.7 Å². The summed E-state index contributed by atoms with van der Waals surface area (Å²) >= 11 is 0. The average molecular weight is 325 g/mol. The Kier molecular flexibility index (Phi) is 5.11. The van der Waals surface area contributed by atoms with Crippen LogP contribution in [-0.2, 0) is 0 Å². The SMILES string of the molecule is COc1ccccc1/C=C\CN1CC[C@H](c2cc(=O)[nH]c(C)n2)C1. The molecule has 126 valence electrons. The molecule has 1 fully saturated rings. The highest BCUT2D eigenvalue weighted by atomic mass is 16.5. The van der Waals surface area contributed by atoms with Gasteiger partial charge in [-0.3, -0.25) is 9.69 Å². The van der Waals surface area contributed by atoms with Crippen LogP contribution in [0.3, 0.4) is 0 Å². The lowest BCUT2D eigenvalue weighted by Gasteiger charge is -2.13. The van der Waals surface area contributed by atoms with Gasteiger partial charge in [-0.05, 0) is 26.0 Å². The van der Waals surface area contributed by atoms with E-state index in [2.05, 4.69) is 27.0 Å². The molecule has 1 aromatic carbocycles. The molecule has 5 nitrogen and oxygen atoms in total. The van der Waals surface area contributed by atoms with E-state index in [9.17, 15) is 4.79 Å². The number of aromatic amines is 1. The van der Waals surface area contributed by atoms with Gasteiger partial charge in [0.05, 0.1) is 12.8 Å². The zero-order valence-corrected chi connectivity index (χ0v) is 14.2. The number of aromatic nitrogens is 2. The van der Waals surface area contributed by atoms with Crippen LogP contribution in [0.1, 0.15) is 29.4 Å². The number of likely N-dealkylation sites (tertiary alicyclic amines) is 1. The summed E-state index contributed by atoms with van der Waals surface area (Å²) in [6.07, 6.45) is 5.30. The number of rotatable bonds is 5. The van der Waals surface area contributed by atoms with E-state index in [0.29, 0.717) is 11.7 Å². The second-order valence-corrected chi connectivity index (χ2v) is 6.15. The van der Waals surface area contributed by atoms with E-state index in [1.54, 1.807) is 13.2 Å². The number of aryl methyl sites for hydroxylation is 1. The number of nitrogens with zero attached hydrogens (tertiary/aromatic N) is 2. The molecule has 0 aliphatic carbocycles. The average Bonchev–Trinajstić information content (AvgIpc) is 3.03. The highest BCUT2D eigenvalue weighted by molar-refractivity contribution is 5.57. The summed E-state index contributed by atoms with van der Waals surface area (Å²) in [5.41, 5.74) is 1.93. The Labute approximate surface area is 142 Å². The van der Waals surface area contributed by atoms with Crippen LogP contribution in [0.25, 0.3) is 6.08 Å². The van der Waals surface area contributed by atoms with Crippen LogP contribution < -0.4 is 10.3 Å². The van der Waals surface area contributed by atoms with E-state index in [-0.39, 0.29) is 5.56 Å². The Bertz CT molecular complexity index is 782. The second-order valence-electron chi connectivity index (χ2n) is 6.15. The molecule has 0 spiro atoms. The maximum absolute atomic E-state index is 11.6. The van der Waals surface area contributed by atoms with E-state index in [4.69, 9.17) is 4.74 Å². The van der Waals surface area contributed by atoms with Gasteiger partial charge >= 0.3 is 0 Å². The normalized spacial score (nSPS) is 18.3. The predicted octanol–water partition coefficient (Wildman–Crippen LogP) is 2.59. The summed E-state index contributed by atoms with van der Waals surface area (Å²) in [4.78, 5) is 21.2. The van der Waals surface area contributed by atoms with Crippen molar-refractivity contribution in [1.82, 2.24) is 14.9 Å². The first-order valence-electron chi connectivity index (χ1n) is 8.25. The van der Waals surface area contributed by atoms with Gasteiger partial charge in [0.15, 0.2) is 0 Å². The number of H-pyrrole nitrogens is 1. The van der Waals surface area contributed by atoms with Gasteiger partial charge in [-0.25, -0.2) is 4.98 Å². The molecule has 0 radical (unpaired) electrons. The molecule has 1 atom stereocenters. The lowest BCUT2D eigenvalue weighted by Crippen LogP contribution is -2.21. The summed E-state index contributed by atoms with van der Waals surface area (Å²) in [7, 11) is 1.69. The van der Waals surface area contributed by atoms with E-state index >= 15 is 0 Å². The molecule has 1 N–H and O–H groups in total. The first kappa shape index (κ1) is 16.5. The smallest absolute Gasteiger partial charge is 0.251 e. The van der Waals surface area contributed by atoms with Crippen LogP contribution in [-0.4, -0.2) is 41.6 Å². The van der Waals surface area contributed by atoms with E-state index in [1.807, 2.05) is 31.2 Å². The maximum atomic E-state index is 11.6. The molecule has 2 aromatic rings. The second kappa shape index (κ2) is 7.45. The number of hydrogen-bond donors (Lipinski definition) is 1. The van der Waals surface area contributed by atoms with Gasteiger partial charge in [0.2, 0.25) is 0 Å². The van der Waals surface area contributed by atoms with E-state index in [1.165, 1.54) is 0 Å². The standard InChI is InChI=1S/C19H23N3O2/c1-14-20-17(12-19(23)21-14)16-9-11-22(13-16)10-5-7-15-6-3-4-8-18(15)24-2/h3-8,12,16H,9-11,13H2,1-2H3,(H,20,21,23)/b7-5-/t16-/m0/s1. The van der Waals surface area contributed by atoms with Gasteiger partial charge < -0.3 is 9.72 Å². The van der Waals surface area contributed by atoms with Crippen LogP contribution in [0.15, 0.2) is 41.2 Å². The van der Waals surface area contributed by atoms with Crippen LogP contribution >= 0.6 is 0 Å². The Morgan fingerprint density at radius 3 is 3.04 bits per heavy atom. The third kappa shape index (κ3) is 3.92. The number of methoxy groups -OCH3 is 1. The molecule has 2 heterocycles. The van der Waals surface area contributed by atoms with Gasteiger partial charge in [0.1, 0.15) is 11.6 Å². The third-order valence-electron chi connectivity index (χ3n) is 4.37. The Balaban J connectivity index is 1.60. The molecule has 0 unspecified atom stereocenters. The van der Waals surface area contributed by atoms with Gasteiger partial charge in [-0.1, -0.05) is 30.4 Å². The third-order valence-corrected chi connectivity index (χ3v) is 4.37. The minimum absolute atomic E-state index is 0.0629. The van der Waals surface area contributed by atoms with Crippen molar-refractivity contribution in [3.63, 3.8) is 0 Å². The lowest BCUT2D eigenvalue weighted by molar-refractivity contribution is 0.371. The fraction of sp³-hybridized carbons (Fsp3) is 0.368. The Morgan fingerprint density at radius 2 is 2.25 bits per heavy atom. The van der Waals surface area contributed by atoms with Gasteiger partial charge in [-0.15, -0.1) is 0 Å². The summed E-state index contributed by atoms with van der Waals surface area (Å²) in [5.74, 6) is 1.91. The van der Waals surface area contributed by atoms with Crippen molar-refractivity contribution in [3.8, 4) is 5.75 Å². The molecule has 5 heteroatoms. The van der Waals surface area contributed by atoms with Crippen molar-refractivity contribution in [2.24, 2.45) is 0 Å². The largest absolute Gasteiger partial charge is 0.496 e. The molecule has 1 aliphatic rings. The fourth-order valence-electron chi connectivity index (χ4n) is 3.18. The number of benzene rings is 1. The monoisotopic (exact) mass is 325 g/mol. The van der Waals surface area contributed by atoms with Crippen molar-refractivity contribution in [3.05, 3.63) is 63.8 Å². The zero-order valence-electron chi connectivity index (χ0n) is 14.2. The molecule has 3 rings (SSSR count). The van der Waals surface area contributed by atoms with Crippen LogP contribution in [0.2, 0.25) is 0 Å². The molecule has 0 amide bonds. The molecule has 1 aromatic heterocycles. The Hall–Kier alpha value is -2.40. The molecule has 24 heavy (non-hydrogen) atoms. The molecule has 1 aliphatic heterocycles. The van der Waals surface area contributed by atoms with Gasteiger partial charge in [0.25, 0.3) is 5.56 Å². The van der Waals surface area contributed by atoms with Crippen molar-refractivity contribution in [2.45, 2.75) is 19.3 Å². The van der Waals surface area contributed by atoms with Crippen LogP contribution in [0.5, 0.6) is 5.75 Å². The van der Waals surface area contributed by atoms with Crippen LogP contribution in [0.4, 0.5) is 0 Å². The maximum Gasteiger partial charge on any atom is 0.251 e. The predicted molar refractivity (Wildman–Crippen MR) is 95.4 cm³/mol. The number of nitrogens with one attached hydrogen (secondary N) is 1. The minimum Gasteiger partial charge on any atom is -0.496 e. The molecule has 1 saturated heterocycles. The Morgan fingerprint density at radius 1 is 1.42 bits per heavy atom. The zero-order chi connectivity index (χ0) is 16.9. The van der Waals surface area contributed by atoms with Crippen LogP contribution in [0, 0.1) is 6.92 Å². The topological polar surface area (TPSA) is 58.2 Å². The first-order valence-corrected chi connectivity index (χ1v) is 8.25. The first-order chi connectivity index (χ1) is 11.7. The number of hydrogen-bond acceptors (Lipinski definition) is 4. The number of para-hydroxylation sites is 1. The summed E-state index contributed by atoms with van der Waals surface area (Å²) in [6.45, 7) is 4.67. The van der Waals surface area contributed by atoms with Gasteiger partial charge in [0, 0.05) is 30.6 Å². The van der Waals surface area contributed by atoms with Crippen molar-refractivity contribution >= 4 is 6.08 Å². The highest BCUT2D eigenvalue weighted by Gasteiger charge is 2.24. The molecular weight excluding hydrogens is 302 g/mol. The quantitative estimate of drug-likeness (QED) is 0.918. The van der Waals surface area contributed by atoms with Crippen molar-refractivity contribution in [1.29, 1.82) is 0 Å². The summed E-state index contributed by atoms with van der Waals surface area (Å²) < 4.78 is 5.36. The fourth-order valence-corrected chi connectivity index (χ4v) is 3.18. The lowest BCUT2D eigenvalue weighted by atomic mass is 10.0. The summed E-state index contributed by atoms with van der Waals surface area (Å²) in [6, 6.07) is 9.62. The molecule has 0 saturated carbocycles. The summed E-state index contributed by atoms with van der Waals surface area (Å²) in [5, 5.41) is 0. The van der Waals surface area contributed by atoms with E-state index in [0.717, 1.165) is 43.1 Å². The number of ether oxygens (including phenoxy) is 1. The van der Waals surface area contributed by atoms with Crippen molar-refractivity contribution < 1.29 is 4.74 Å². The van der Waals surface area contributed by atoms with E-state index < -0.39 is 0 Å². The highest BCUT2D eigenvalue weighted by Crippen LogP contribution is 2.25. The molecular formula is C19H23N3O2. The minimum atomic E-state index is -0.0629. The molecule has 0 bridgehead atoms.